The second kappa shape index (κ2) is 10.8. The fourth-order valence-corrected chi connectivity index (χ4v) is 5.09. The Morgan fingerprint density at radius 1 is 0.714 bits per heavy atom. The van der Waals surface area contributed by atoms with Crippen LogP contribution < -0.4 is 0 Å². The lowest BCUT2D eigenvalue weighted by Crippen LogP contribution is -2.47. The van der Waals surface area contributed by atoms with E-state index in [9.17, 15) is 0 Å². The average Bonchev–Trinajstić information content (AvgIpc) is 2.67. The smallest absolute Gasteiger partial charge is 0.0242 e. The largest absolute Gasteiger partial charge is 0.298 e. The molecule has 2 aliphatic heterocycles. The third-order valence-corrected chi connectivity index (χ3v) is 6.78. The quantitative estimate of drug-likeness (QED) is 0.592. The molecule has 0 aliphatic carbocycles. The van der Waals surface area contributed by atoms with Gasteiger partial charge in [0, 0.05) is 30.7 Å². The van der Waals surface area contributed by atoms with Crippen molar-refractivity contribution in [3.05, 3.63) is 35.4 Å². The Bertz CT molecular complexity index is 525. The Morgan fingerprint density at radius 2 is 1.29 bits per heavy atom. The number of hydrogen-bond acceptors (Lipinski definition) is 2. The Labute approximate surface area is 175 Å². The monoisotopic (exact) mass is 386 g/mol. The number of hydrogen-bond donors (Lipinski definition) is 0. The van der Waals surface area contributed by atoms with Gasteiger partial charge in [-0.2, -0.15) is 0 Å². The number of nitrogens with zero attached hydrogens (tertiary/aromatic N) is 2. The molecule has 2 unspecified atom stereocenters. The van der Waals surface area contributed by atoms with Gasteiger partial charge in [0.1, 0.15) is 0 Å². The average molecular weight is 387 g/mol. The first-order valence-electron chi connectivity index (χ1n) is 11.8. The van der Waals surface area contributed by atoms with Gasteiger partial charge in [0.25, 0.3) is 0 Å². The predicted octanol–water partition coefficient (Wildman–Crippen LogP) is 6.38. The molecule has 0 spiro atoms. The summed E-state index contributed by atoms with van der Waals surface area (Å²) in [6, 6.07) is 11.8. The zero-order valence-electron chi connectivity index (χ0n) is 19.9. The highest BCUT2D eigenvalue weighted by molar-refractivity contribution is 5.30. The maximum Gasteiger partial charge on any atom is 0.0242 e. The number of fused-ring (bicyclic) bond motifs is 1. The van der Waals surface area contributed by atoms with Crippen LogP contribution in [0.4, 0.5) is 0 Å². The second-order valence-corrected chi connectivity index (χ2v) is 10.2. The summed E-state index contributed by atoms with van der Waals surface area (Å²) in [4.78, 5) is 5.32. The minimum absolute atomic E-state index is 0.640. The van der Waals surface area contributed by atoms with Crippen molar-refractivity contribution in [2.45, 2.75) is 112 Å². The topological polar surface area (TPSA) is 6.48 Å². The summed E-state index contributed by atoms with van der Waals surface area (Å²) in [5.41, 5.74) is 3.08. The van der Waals surface area contributed by atoms with Crippen LogP contribution in [0.15, 0.2) is 24.3 Å². The molecule has 0 radical (unpaired) electrons. The van der Waals surface area contributed by atoms with Crippen molar-refractivity contribution in [2.24, 2.45) is 11.8 Å². The Morgan fingerprint density at radius 3 is 1.79 bits per heavy atom. The van der Waals surface area contributed by atoms with Crippen molar-refractivity contribution in [1.82, 2.24) is 9.80 Å². The molecule has 28 heavy (non-hydrogen) atoms. The van der Waals surface area contributed by atoms with Crippen LogP contribution in [0.5, 0.6) is 0 Å². The molecule has 1 aromatic carbocycles. The first-order valence-corrected chi connectivity index (χ1v) is 11.8. The Balaban J connectivity index is 0.000000209. The molecule has 1 aromatic rings. The summed E-state index contributed by atoms with van der Waals surface area (Å²) in [7, 11) is 0. The molecule has 1 saturated heterocycles. The van der Waals surface area contributed by atoms with Gasteiger partial charge in [0.2, 0.25) is 0 Å². The molecule has 0 bridgehead atoms. The molecule has 0 aromatic heterocycles. The summed E-state index contributed by atoms with van der Waals surface area (Å²) in [5, 5.41) is 0. The van der Waals surface area contributed by atoms with Gasteiger partial charge in [-0.3, -0.25) is 9.80 Å². The minimum Gasteiger partial charge on any atom is -0.298 e. The molecule has 160 valence electrons. The van der Waals surface area contributed by atoms with Gasteiger partial charge >= 0.3 is 0 Å². The van der Waals surface area contributed by atoms with Crippen LogP contribution in [0.3, 0.4) is 0 Å². The lowest BCUT2D eigenvalue weighted by atomic mass is 9.87. The van der Waals surface area contributed by atoms with Crippen molar-refractivity contribution in [2.75, 3.05) is 6.54 Å². The van der Waals surface area contributed by atoms with Crippen molar-refractivity contribution < 1.29 is 0 Å². The maximum absolute atomic E-state index is 2.67. The zero-order chi connectivity index (χ0) is 20.8. The lowest BCUT2D eigenvalue weighted by molar-refractivity contribution is 0.0808. The number of rotatable bonds is 4. The number of likely N-dealkylation sites (tertiary alicyclic amines) is 1. The van der Waals surface area contributed by atoms with Gasteiger partial charge in [0.05, 0.1) is 0 Å². The predicted molar refractivity (Wildman–Crippen MR) is 124 cm³/mol. The van der Waals surface area contributed by atoms with Crippen LogP contribution in [-0.4, -0.2) is 40.5 Å². The van der Waals surface area contributed by atoms with E-state index in [2.05, 4.69) is 89.5 Å². The summed E-state index contributed by atoms with van der Waals surface area (Å²) in [5.74, 6) is 1.56. The summed E-state index contributed by atoms with van der Waals surface area (Å²) in [6.07, 6.45) is 5.47. The van der Waals surface area contributed by atoms with Gasteiger partial charge in [-0.15, -0.1) is 0 Å². The number of benzene rings is 1. The zero-order valence-corrected chi connectivity index (χ0v) is 19.9. The van der Waals surface area contributed by atoms with E-state index in [-0.39, 0.29) is 0 Å². The van der Waals surface area contributed by atoms with Gasteiger partial charge in [0.15, 0.2) is 0 Å². The third kappa shape index (κ3) is 6.07. The first kappa shape index (κ1) is 23.4. The van der Waals surface area contributed by atoms with Gasteiger partial charge in [-0.25, -0.2) is 0 Å². The summed E-state index contributed by atoms with van der Waals surface area (Å²) in [6.45, 7) is 21.1. The molecule has 0 saturated carbocycles. The van der Waals surface area contributed by atoms with E-state index in [0.29, 0.717) is 12.1 Å². The van der Waals surface area contributed by atoms with E-state index in [1.54, 1.807) is 5.56 Å². The van der Waals surface area contributed by atoms with Gasteiger partial charge in [-0.1, -0.05) is 58.4 Å². The van der Waals surface area contributed by atoms with Crippen LogP contribution >= 0.6 is 0 Å². The highest BCUT2D eigenvalue weighted by Crippen LogP contribution is 2.28. The van der Waals surface area contributed by atoms with Crippen molar-refractivity contribution in [3.8, 4) is 0 Å². The van der Waals surface area contributed by atoms with Gasteiger partial charge in [-0.05, 0) is 76.5 Å². The maximum atomic E-state index is 2.67. The molecule has 2 heteroatoms. The van der Waals surface area contributed by atoms with E-state index in [4.69, 9.17) is 0 Å². The van der Waals surface area contributed by atoms with Crippen LogP contribution in [-0.2, 0) is 13.0 Å². The van der Waals surface area contributed by atoms with E-state index < -0.39 is 0 Å². The molecule has 2 atom stereocenters. The molecule has 0 N–H and O–H groups in total. The van der Waals surface area contributed by atoms with E-state index in [1.165, 1.54) is 37.8 Å². The molecule has 2 aliphatic rings. The highest BCUT2D eigenvalue weighted by Gasteiger charge is 2.29. The normalized spacial score (nSPS) is 23.9. The highest BCUT2D eigenvalue weighted by atomic mass is 15.2. The standard InChI is InChI=1S/C15H23N.C11H23N/c1-11(2)15-9-13-7-5-6-8-14(13)10-16(15)12(3)4;1-9(2)11-7-5-6-8-12(11)10(3)4/h5-8,11-12,15H,9-10H2,1-4H3;9-11H,5-8H2,1-4H3. The van der Waals surface area contributed by atoms with E-state index in [0.717, 1.165) is 30.5 Å². The fraction of sp³-hybridized carbons (Fsp3) is 0.769. The van der Waals surface area contributed by atoms with E-state index >= 15 is 0 Å². The molecule has 2 heterocycles. The minimum atomic E-state index is 0.640. The molecule has 2 nitrogen and oxygen atoms in total. The van der Waals surface area contributed by atoms with E-state index in [1.807, 2.05) is 0 Å². The SMILES string of the molecule is CC(C)C1CCCCN1C(C)C.CC(C)C1Cc2ccccc2CN1C(C)C. The van der Waals surface area contributed by atoms with Crippen molar-refractivity contribution in [3.63, 3.8) is 0 Å². The summed E-state index contributed by atoms with van der Waals surface area (Å²) >= 11 is 0. The van der Waals surface area contributed by atoms with Crippen LogP contribution in [0.2, 0.25) is 0 Å². The molecule has 1 fully saturated rings. The first-order chi connectivity index (χ1) is 13.2. The van der Waals surface area contributed by atoms with Crippen molar-refractivity contribution in [1.29, 1.82) is 0 Å². The molecular weight excluding hydrogens is 340 g/mol. The molecule has 0 amide bonds. The van der Waals surface area contributed by atoms with Crippen LogP contribution in [0.25, 0.3) is 0 Å². The van der Waals surface area contributed by atoms with Gasteiger partial charge < -0.3 is 0 Å². The molecular formula is C26H46N2. The fourth-order valence-electron chi connectivity index (χ4n) is 5.09. The lowest BCUT2D eigenvalue weighted by Gasteiger charge is -2.41. The van der Waals surface area contributed by atoms with Crippen molar-refractivity contribution >= 4 is 0 Å². The van der Waals surface area contributed by atoms with Crippen LogP contribution in [0.1, 0.15) is 85.8 Å². The Hall–Kier alpha value is -0.860. The number of piperidine rings is 1. The second-order valence-electron chi connectivity index (χ2n) is 10.2. The third-order valence-electron chi connectivity index (χ3n) is 6.78. The summed E-state index contributed by atoms with van der Waals surface area (Å²) < 4.78 is 0. The Kier molecular flexibility index (Phi) is 9.02. The molecule has 3 rings (SSSR count). The van der Waals surface area contributed by atoms with Crippen LogP contribution in [0, 0.1) is 11.8 Å².